The zero-order valence-corrected chi connectivity index (χ0v) is 17.0. The van der Waals surface area contributed by atoms with Crippen LogP contribution in [-0.2, 0) is 19.1 Å². The van der Waals surface area contributed by atoms with Crippen LogP contribution in [0.25, 0.3) is 0 Å². The highest BCUT2D eigenvalue weighted by Crippen LogP contribution is 2.30. The molecule has 3 N–H and O–H groups in total. The van der Waals surface area contributed by atoms with E-state index in [9.17, 15) is 14.4 Å². The molecule has 2 rings (SSSR count). The molecule has 0 aliphatic carbocycles. The first-order valence-corrected chi connectivity index (χ1v) is 8.97. The molecule has 0 bridgehead atoms. The van der Waals surface area contributed by atoms with Crippen molar-refractivity contribution in [2.45, 2.75) is 19.3 Å². The van der Waals surface area contributed by atoms with Gasteiger partial charge < -0.3 is 25.4 Å². The molecule has 156 valence electrons. The number of hydrogen-bond acceptors (Lipinski definition) is 6. The van der Waals surface area contributed by atoms with Crippen LogP contribution in [0.3, 0.4) is 0 Å². The number of amides is 2. The average molecular weight is 414 g/mol. The second-order valence-electron chi connectivity index (χ2n) is 6.58. The van der Waals surface area contributed by atoms with Crippen LogP contribution in [0.15, 0.2) is 24.3 Å². The van der Waals surface area contributed by atoms with Gasteiger partial charge in [-0.15, -0.1) is 12.4 Å². The number of carbonyl (C=O) groups is 3. The molecular formula is C19H28ClN3O5. The Morgan fingerprint density at radius 2 is 1.75 bits per heavy atom. The van der Waals surface area contributed by atoms with Crippen molar-refractivity contribution in [3.8, 4) is 0 Å². The van der Waals surface area contributed by atoms with E-state index in [2.05, 4.69) is 20.7 Å². The van der Waals surface area contributed by atoms with Crippen molar-refractivity contribution in [2.24, 2.45) is 5.41 Å². The molecule has 0 radical (unpaired) electrons. The Labute approximate surface area is 171 Å². The van der Waals surface area contributed by atoms with Crippen LogP contribution in [0.2, 0.25) is 0 Å². The Bertz CT molecular complexity index is 655. The summed E-state index contributed by atoms with van der Waals surface area (Å²) in [6, 6.07) is 6.65. The highest BCUT2D eigenvalue weighted by Gasteiger charge is 2.39. The van der Waals surface area contributed by atoms with Crippen LogP contribution in [0, 0.1) is 5.41 Å². The van der Waals surface area contributed by atoms with Gasteiger partial charge in [0.2, 0.25) is 5.91 Å². The number of methoxy groups -OCH3 is 2. The summed E-state index contributed by atoms with van der Waals surface area (Å²) in [6.07, 6.45) is 1.55. The van der Waals surface area contributed by atoms with E-state index < -0.39 is 5.41 Å². The predicted octanol–water partition coefficient (Wildman–Crippen LogP) is 1.36. The van der Waals surface area contributed by atoms with Gasteiger partial charge in [-0.05, 0) is 50.2 Å². The van der Waals surface area contributed by atoms with Crippen LogP contribution in [0.5, 0.6) is 0 Å². The predicted molar refractivity (Wildman–Crippen MR) is 108 cm³/mol. The molecule has 0 atom stereocenters. The van der Waals surface area contributed by atoms with Crippen molar-refractivity contribution in [1.29, 1.82) is 0 Å². The normalized spacial score (nSPS) is 15.1. The minimum Gasteiger partial charge on any atom is -0.469 e. The number of ether oxygens (including phenoxy) is 2. The molecule has 1 aromatic rings. The number of halogens is 1. The number of carbonyl (C=O) groups excluding carboxylic acids is 3. The van der Waals surface area contributed by atoms with Gasteiger partial charge in [0.15, 0.2) is 0 Å². The van der Waals surface area contributed by atoms with E-state index in [0.717, 1.165) is 13.1 Å². The van der Waals surface area contributed by atoms with Crippen LogP contribution in [-0.4, -0.2) is 58.2 Å². The molecule has 1 aliphatic rings. The number of nitrogens with one attached hydrogen (secondary N) is 3. The molecule has 0 unspecified atom stereocenters. The third kappa shape index (κ3) is 6.47. The van der Waals surface area contributed by atoms with E-state index in [-0.39, 0.29) is 43.2 Å². The number of rotatable bonds is 8. The first-order chi connectivity index (χ1) is 13.0. The number of piperidine rings is 1. The minimum absolute atomic E-state index is 0. The van der Waals surface area contributed by atoms with Gasteiger partial charge in [0.25, 0.3) is 5.91 Å². The lowest BCUT2D eigenvalue weighted by Gasteiger charge is -2.35. The molecule has 0 aromatic heterocycles. The lowest BCUT2D eigenvalue weighted by molar-refractivity contribution is -0.140. The number of anilines is 1. The van der Waals surface area contributed by atoms with Gasteiger partial charge in [-0.3, -0.25) is 14.4 Å². The Balaban J connectivity index is 0.00000392. The second-order valence-corrected chi connectivity index (χ2v) is 6.58. The molecule has 9 heteroatoms. The van der Waals surface area contributed by atoms with Crippen molar-refractivity contribution in [1.82, 2.24) is 10.6 Å². The number of benzene rings is 1. The summed E-state index contributed by atoms with van der Waals surface area (Å²) in [6.45, 7) is 2.14. The van der Waals surface area contributed by atoms with Gasteiger partial charge in [0.1, 0.15) is 0 Å². The molecule has 1 aliphatic heterocycles. The Hall–Kier alpha value is -2.16. The molecule has 28 heavy (non-hydrogen) atoms. The standard InChI is InChI=1S/C19H27N3O5.ClH/c1-26-13-19(8-11-20-12-9-19)18(25)22-15-5-3-14(4-6-15)17(24)21-10-7-16(23)27-2;/h3-6,20H,7-13H2,1-2H3,(H,21,24)(H,22,25);1H. The summed E-state index contributed by atoms with van der Waals surface area (Å²) in [5.41, 5.74) is 0.538. The largest absolute Gasteiger partial charge is 0.469 e. The lowest BCUT2D eigenvalue weighted by Crippen LogP contribution is -2.47. The van der Waals surface area contributed by atoms with Crippen molar-refractivity contribution in [2.75, 3.05) is 45.8 Å². The Morgan fingerprint density at radius 1 is 1.11 bits per heavy atom. The van der Waals surface area contributed by atoms with Gasteiger partial charge >= 0.3 is 5.97 Å². The van der Waals surface area contributed by atoms with E-state index in [4.69, 9.17) is 4.74 Å². The third-order valence-electron chi connectivity index (χ3n) is 4.71. The van der Waals surface area contributed by atoms with Gasteiger partial charge in [-0.1, -0.05) is 0 Å². The SMILES string of the molecule is COCC1(C(=O)Nc2ccc(C(=O)NCCC(=O)OC)cc2)CCNCC1.Cl. The molecule has 1 fully saturated rings. The molecule has 1 saturated heterocycles. The van der Waals surface area contributed by atoms with E-state index in [1.807, 2.05) is 0 Å². The summed E-state index contributed by atoms with van der Waals surface area (Å²) in [4.78, 5) is 35.9. The fourth-order valence-electron chi connectivity index (χ4n) is 3.07. The number of esters is 1. The minimum atomic E-state index is -0.538. The van der Waals surface area contributed by atoms with Gasteiger partial charge in [-0.25, -0.2) is 0 Å². The maximum Gasteiger partial charge on any atom is 0.307 e. The summed E-state index contributed by atoms with van der Waals surface area (Å²) in [7, 11) is 2.91. The Morgan fingerprint density at radius 3 is 2.32 bits per heavy atom. The van der Waals surface area contributed by atoms with Gasteiger partial charge in [-0.2, -0.15) is 0 Å². The highest BCUT2D eigenvalue weighted by atomic mass is 35.5. The second kappa shape index (κ2) is 11.6. The zero-order chi connectivity index (χ0) is 19.7. The highest BCUT2D eigenvalue weighted by molar-refractivity contribution is 5.97. The zero-order valence-electron chi connectivity index (χ0n) is 16.2. The van der Waals surface area contributed by atoms with Gasteiger partial charge in [0, 0.05) is 24.9 Å². The van der Waals surface area contributed by atoms with Crippen LogP contribution >= 0.6 is 12.4 Å². The quantitative estimate of drug-likeness (QED) is 0.555. The Kier molecular flexibility index (Phi) is 9.92. The van der Waals surface area contributed by atoms with E-state index in [0.29, 0.717) is 30.7 Å². The molecule has 0 saturated carbocycles. The molecule has 8 nitrogen and oxygen atoms in total. The van der Waals surface area contributed by atoms with Crippen LogP contribution < -0.4 is 16.0 Å². The molecular weight excluding hydrogens is 386 g/mol. The summed E-state index contributed by atoms with van der Waals surface area (Å²) >= 11 is 0. The fraction of sp³-hybridized carbons (Fsp3) is 0.526. The first-order valence-electron chi connectivity index (χ1n) is 8.97. The maximum atomic E-state index is 12.8. The molecule has 1 aromatic carbocycles. The van der Waals surface area contributed by atoms with Crippen molar-refractivity contribution < 1.29 is 23.9 Å². The van der Waals surface area contributed by atoms with E-state index in [1.54, 1.807) is 31.4 Å². The number of hydrogen-bond donors (Lipinski definition) is 3. The van der Waals surface area contributed by atoms with Crippen molar-refractivity contribution in [3.63, 3.8) is 0 Å². The average Bonchev–Trinajstić information content (AvgIpc) is 2.69. The molecule has 1 heterocycles. The van der Waals surface area contributed by atoms with Crippen molar-refractivity contribution >= 4 is 35.9 Å². The smallest absolute Gasteiger partial charge is 0.307 e. The first kappa shape index (κ1) is 23.9. The van der Waals surface area contributed by atoms with Crippen LogP contribution in [0.4, 0.5) is 5.69 Å². The van der Waals surface area contributed by atoms with Crippen molar-refractivity contribution in [3.05, 3.63) is 29.8 Å². The summed E-state index contributed by atoms with van der Waals surface area (Å²) in [5.74, 6) is -0.733. The third-order valence-corrected chi connectivity index (χ3v) is 4.71. The van der Waals surface area contributed by atoms with E-state index >= 15 is 0 Å². The molecule has 0 spiro atoms. The van der Waals surface area contributed by atoms with Gasteiger partial charge in [0.05, 0.1) is 25.6 Å². The van der Waals surface area contributed by atoms with Crippen LogP contribution in [0.1, 0.15) is 29.6 Å². The fourth-order valence-corrected chi connectivity index (χ4v) is 3.07. The lowest BCUT2D eigenvalue weighted by atomic mass is 9.78. The summed E-state index contributed by atoms with van der Waals surface area (Å²) < 4.78 is 9.80. The summed E-state index contributed by atoms with van der Waals surface area (Å²) in [5, 5.41) is 8.83. The topological polar surface area (TPSA) is 106 Å². The monoisotopic (exact) mass is 413 g/mol. The van der Waals surface area contributed by atoms with E-state index in [1.165, 1.54) is 7.11 Å². The molecule has 2 amide bonds. The maximum absolute atomic E-state index is 12.8.